The maximum Gasteiger partial charge on any atom is 0.508 e. The molecule has 244 valence electrons. The third kappa shape index (κ3) is 7.27. The van der Waals surface area contributed by atoms with Crippen LogP contribution in [0.2, 0.25) is 10.0 Å². The number of hydrogen-bond acceptors (Lipinski definition) is 9. The minimum atomic E-state index is -0.832. The van der Waals surface area contributed by atoms with Gasteiger partial charge in [-0.15, -0.1) is 0 Å². The lowest BCUT2D eigenvalue weighted by atomic mass is 10.0. The van der Waals surface area contributed by atoms with E-state index in [0.717, 1.165) is 33.6 Å². The van der Waals surface area contributed by atoms with Crippen LogP contribution in [0.15, 0.2) is 72.8 Å². The number of ether oxygens (including phenoxy) is 4. The Labute approximate surface area is 287 Å². The summed E-state index contributed by atoms with van der Waals surface area (Å²) in [6.45, 7) is 7.80. The number of halogens is 2. The van der Waals surface area contributed by atoms with Crippen LogP contribution in [0, 0.1) is 13.8 Å². The Balaban J connectivity index is 1.22. The Hall–Kier alpha value is -4.99. The number of nitrogens with zero attached hydrogens (tertiary/aromatic N) is 4. The maximum absolute atomic E-state index is 13.1. The lowest BCUT2D eigenvalue weighted by Gasteiger charge is -2.16. The predicted octanol–water partition coefficient (Wildman–Crippen LogP) is 10.1. The summed E-state index contributed by atoms with van der Waals surface area (Å²) >= 11 is 12.0. The second kappa shape index (κ2) is 14.4. The Kier molecular flexibility index (Phi) is 9.89. The molecule has 0 aliphatic carbocycles. The first-order valence-corrected chi connectivity index (χ1v) is 16.2. The summed E-state index contributed by atoms with van der Waals surface area (Å²) in [5, 5.41) is 1.21. The highest BCUT2D eigenvalue weighted by molar-refractivity contribution is 6.30. The van der Waals surface area contributed by atoms with Gasteiger partial charge in [-0.05, 0) is 98.5 Å². The van der Waals surface area contributed by atoms with Crippen molar-refractivity contribution in [3.05, 3.63) is 116 Å². The summed E-state index contributed by atoms with van der Waals surface area (Å²) < 4.78 is 23.3. The first-order valence-electron chi connectivity index (χ1n) is 15.5. The minimum Gasteiger partial charge on any atom is -0.439 e. The molecule has 0 bridgehead atoms. The predicted molar refractivity (Wildman–Crippen MR) is 185 cm³/mol. The monoisotopic (exact) mass is 682 g/mol. The van der Waals surface area contributed by atoms with Crippen molar-refractivity contribution < 1.29 is 23.7 Å². The molecule has 4 heterocycles. The summed E-state index contributed by atoms with van der Waals surface area (Å²) in [4.78, 5) is 32.1. The van der Waals surface area contributed by atoms with Crippen molar-refractivity contribution in [3.8, 4) is 23.3 Å². The second-order valence-electron chi connectivity index (χ2n) is 11.0. The van der Waals surface area contributed by atoms with Gasteiger partial charge in [0.2, 0.25) is 11.8 Å². The lowest BCUT2D eigenvalue weighted by molar-refractivity contribution is 0.0448. The molecule has 0 aliphatic rings. The van der Waals surface area contributed by atoms with Crippen molar-refractivity contribution in [2.45, 2.75) is 53.8 Å². The molecule has 2 aromatic carbocycles. The van der Waals surface area contributed by atoms with Gasteiger partial charge in [-0.3, -0.25) is 9.97 Å². The molecular formula is C37H32Cl2N4O5. The molecule has 0 fully saturated rings. The van der Waals surface area contributed by atoms with E-state index in [2.05, 4.69) is 0 Å². The van der Waals surface area contributed by atoms with Crippen LogP contribution in [-0.2, 0) is 35.5 Å². The van der Waals surface area contributed by atoms with Gasteiger partial charge in [-0.25, -0.2) is 14.8 Å². The van der Waals surface area contributed by atoms with Crippen LogP contribution in [0.3, 0.4) is 0 Å². The second-order valence-corrected chi connectivity index (χ2v) is 11.9. The van der Waals surface area contributed by atoms with E-state index in [1.807, 2.05) is 39.8 Å². The van der Waals surface area contributed by atoms with Gasteiger partial charge in [0.1, 0.15) is 24.7 Å². The first-order chi connectivity index (χ1) is 23.2. The Morgan fingerprint density at radius 1 is 0.583 bits per heavy atom. The summed E-state index contributed by atoms with van der Waals surface area (Å²) in [6, 6.07) is 21.2. The molecule has 4 aromatic heterocycles. The zero-order valence-electron chi connectivity index (χ0n) is 26.8. The highest BCUT2D eigenvalue weighted by Gasteiger charge is 2.19. The molecule has 0 aliphatic heterocycles. The zero-order chi connectivity index (χ0) is 33.8. The van der Waals surface area contributed by atoms with Crippen molar-refractivity contribution in [1.29, 1.82) is 0 Å². The molecule has 0 saturated heterocycles. The Morgan fingerprint density at radius 2 is 0.979 bits per heavy atom. The van der Waals surface area contributed by atoms with Gasteiger partial charge in [-0.1, -0.05) is 37.0 Å². The van der Waals surface area contributed by atoms with E-state index in [1.165, 1.54) is 0 Å². The molecule has 0 radical (unpaired) electrons. The zero-order valence-corrected chi connectivity index (χ0v) is 28.4. The minimum absolute atomic E-state index is 0.0678. The van der Waals surface area contributed by atoms with Crippen LogP contribution in [0.25, 0.3) is 22.1 Å². The number of aryl methyl sites for hydroxylation is 2. The molecule has 48 heavy (non-hydrogen) atoms. The van der Waals surface area contributed by atoms with E-state index in [-0.39, 0.29) is 13.2 Å². The fourth-order valence-corrected chi connectivity index (χ4v) is 5.61. The van der Waals surface area contributed by atoms with Crippen LogP contribution in [0.5, 0.6) is 23.3 Å². The summed E-state index contributed by atoms with van der Waals surface area (Å²) in [5.74, 6) is 1.92. The molecule has 0 spiro atoms. The van der Waals surface area contributed by atoms with Gasteiger partial charge in [0.25, 0.3) is 0 Å². The van der Waals surface area contributed by atoms with E-state index >= 15 is 0 Å². The van der Waals surface area contributed by atoms with Crippen LogP contribution < -0.4 is 9.47 Å². The maximum atomic E-state index is 13.1. The third-order valence-corrected chi connectivity index (χ3v) is 8.46. The molecule has 6 rings (SSSR count). The molecule has 9 nitrogen and oxygen atoms in total. The van der Waals surface area contributed by atoms with Crippen LogP contribution in [-0.4, -0.2) is 26.1 Å². The first kappa shape index (κ1) is 32.9. The average molecular weight is 684 g/mol. The van der Waals surface area contributed by atoms with Crippen molar-refractivity contribution in [2.24, 2.45) is 0 Å². The van der Waals surface area contributed by atoms with Crippen LogP contribution >= 0.6 is 23.2 Å². The standard InChI is InChI=1S/C37H32Cl2N4O5/c1-5-29-21(3)27(35-31(40-29)15-17-33(42-35)47-25-11-7-23(38)8-12-25)19-45-37(44)46-20-28-22(4)30(6-2)41-32-16-18-34(43-36(28)32)48-26-13-9-24(39)10-14-26/h7-18H,5-6,19-20H2,1-4H3. The molecule has 0 N–H and O–H groups in total. The Bertz CT molecular complexity index is 1970. The topological polar surface area (TPSA) is 106 Å². The van der Waals surface area contributed by atoms with Crippen molar-refractivity contribution in [1.82, 2.24) is 19.9 Å². The van der Waals surface area contributed by atoms with Crippen molar-refractivity contribution in [3.63, 3.8) is 0 Å². The molecule has 6 aromatic rings. The van der Waals surface area contributed by atoms with Crippen molar-refractivity contribution >= 4 is 51.4 Å². The lowest BCUT2D eigenvalue weighted by Crippen LogP contribution is -2.12. The summed E-state index contributed by atoms with van der Waals surface area (Å²) in [5.41, 5.74) is 7.47. The number of pyridine rings is 4. The number of fused-ring (bicyclic) bond motifs is 2. The van der Waals surface area contributed by atoms with E-state index < -0.39 is 6.16 Å². The van der Waals surface area contributed by atoms with E-state index in [9.17, 15) is 4.79 Å². The molecule has 0 atom stereocenters. The summed E-state index contributed by atoms with van der Waals surface area (Å²) in [6.07, 6.45) is 0.572. The van der Waals surface area contributed by atoms with Gasteiger partial charge < -0.3 is 18.9 Å². The fraction of sp³-hybridized carbons (Fsp3) is 0.216. The van der Waals surface area contributed by atoms with Gasteiger partial charge >= 0.3 is 6.16 Å². The van der Waals surface area contributed by atoms with Crippen molar-refractivity contribution in [2.75, 3.05) is 0 Å². The number of benzene rings is 2. The summed E-state index contributed by atoms with van der Waals surface area (Å²) in [7, 11) is 0. The quantitative estimate of drug-likeness (QED) is 0.130. The smallest absolute Gasteiger partial charge is 0.439 e. The van der Waals surface area contributed by atoms with Crippen LogP contribution in [0.1, 0.15) is 47.5 Å². The fourth-order valence-electron chi connectivity index (χ4n) is 5.36. The van der Waals surface area contributed by atoms with Gasteiger partial charge in [0.15, 0.2) is 0 Å². The number of hydrogen-bond donors (Lipinski definition) is 0. The molecule has 11 heteroatoms. The number of rotatable bonds is 10. The molecule has 0 amide bonds. The highest BCUT2D eigenvalue weighted by Crippen LogP contribution is 2.30. The van der Waals surface area contributed by atoms with E-state index in [0.29, 0.717) is 68.2 Å². The molecule has 0 saturated carbocycles. The molecule has 0 unspecified atom stereocenters. The van der Waals surface area contributed by atoms with Gasteiger partial charge in [-0.2, -0.15) is 0 Å². The number of carbonyl (C=O) groups is 1. The Morgan fingerprint density at radius 3 is 1.35 bits per heavy atom. The van der Waals surface area contributed by atoms with Crippen LogP contribution in [0.4, 0.5) is 4.79 Å². The average Bonchev–Trinajstić information content (AvgIpc) is 3.09. The van der Waals surface area contributed by atoms with Gasteiger partial charge in [0.05, 0.1) is 22.1 Å². The van der Waals surface area contributed by atoms with E-state index in [4.69, 9.17) is 62.1 Å². The van der Waals surface area contributed by atoms with E-state index in [1.54, 1.807) is 60.7 Å². The number of carbonyl (C=O) groups excluding carboxylic acids is 1. The third-order valence-electron chi connectivity index (χ3n) is 7.96. The van der Waals surface area contributed by atoms with Gasteiger partial charge in [0, 0.05) is 44.7 Å². The highest BCUT2D eigenvalue weighted by atomic mass is 35.5. The SMILES string of the molecule is CCc1nc2ccc(Oc3ccc(Cl)cc3)nc2c(COC(=O)OCc2c(C)c(CC)nc3ccc(Oc4ccc(Cl)cc4)nc23)c1C. The number of aromatic nitrogens is 4. The molecular weight excluding hydrogens is 651 g/mol. The normalized spacial score (nSPS) is 11.1. The largest absolute Gasteiger partial charge is 0.508 e.